The van der Waals surface area contributed by atoms with Gasteiger partial charge in [-0.05, 0) is 17.9 Å². The van der Waals surface area contributed by atoms with Gasteiger partial charge < -0.3 is 11.1 Å². The van der Waals surface area contributed by atoms with E-state index in [0.717, 1.165) is 12.8 Å². The fourth-order valence-corrected chi connectivity index (χ4v) is 2.36. The third kappa shape index (κ3) is 4.97. The highest BCUT2D eigenvalue weighted by atomic mass is 32.1. The van der Waals surface area contributed by atoms with Crippen LogP contribution in [-0.4, -0.2) is 18.5 Å². The Kier molecular flexibility index (Phi) is 5.65. The third-order valence-electron chi connectivity index (χ3n) is 2.24. The van der Waals surface area contributed by atoms with E-state index in [2.05, 4.69) is 12.2 Å². The summed E-state index contributed by atoms with van der Waals surface area (Å²) < 4.78 is 0. The fraction of sp³-hybridized carbons (Fsp3) is 0.455. The summed E-state index contributed by atoms with van der Waals surface area (Å²) in [7, 11) is 0. The van der Waals surface area contributed by atoms with Crippen molar-refractivity contribution in [2.75, 3.05) is 6.54 Å². The van der Waals surface area contributed by atoms with Crippen molar-refractivity contribution in [3.8, 4) is 0 Å². The number of urea groups is 1. The second-order valence-electron chi connectivity index (χ2n) is 3.65. The van der Waals surface area contributed by atoms with E-state index in [1.165, 1.54) is 4.88 Å². The fourth-order valence-electron chi connectivity index (χ4n) is 1.52. The molecule has 1 aromatic rings. The molecule has 0 fully saturated rings. The van der Waals surface area contributed by atoms with Gasteiger partial charge in [0.2, 0.25) is 5.91 Å². The van der Waals surface area contributed by atoms with Crippen LogP contribution in [-0.2, 0) is 4.79 Å². The molecule has 4 N–H and O–H groups in total. The maximum Gasteiger partial charge on any atom is 0.318 e. The van der Waals surface area contributed by atoms with Crippen LogP contribution in [0.1, 0.15) is 30.7 Å². The van der Waals surface area contributed by atoms with Crippen LogP contribution >= 0.6 is 11.3 Å². The summed E-state index contributed by atoms with van der Waals surface area (Å²) in [5.41, 5.74) is 4.86. The minimum atomic E-state index is -0.819. The number of carbonyl (C=O) groups excluding carboxylic acids is 2. The lowest BCUT2D eigenvalue weighted by atomic mass is 10.1. The second kappa shape index (κ2) is 7.03. The molecule has 3 amide bonds. The monoisotopic (exact) mass is 255 g/mol. The molecule has 1 aromatic heterocycles. The molecule has 6 heteroatoms. The average molecular weight is 255 g/mol. The Morgan fingerprint density at radius 1 is 1.53 bits per heavy atom. The molecule has 94 valence electrons. The lowest BCUT2D eigenvalue weighted by Gasteiger charge is -2.15. The predicted octanol–water partition coefficient (Wildman–Crippen LogP) is 1.37. The number of carbonyl (C=O) groups is 2. The number of amides is 3. The summed E-state index contributed by atoms with van der Waals surface area (Å²) >= 11 is 1.65. The van der Waals surface area contributed by atoms with Crippen LogP contribution < -0.4 is 16.4 Å². The molecular formula is C11H17N3O2S. The number of rotatable bonds is 6. The van der Waals surface area contributed by atoms with Gasteiger partial charge in [0, 0.05) is 10.9 Å². The van der Waals surface area contributed by atoms with E-state index >= 15 is 0 Å². The third-order valence-corrected chi connectivity index (χ3v) is 3.22. The zero-order valence-corrected chi connectivity index (χ0v) is 10.5. The summed E-state index contributed by atoms with van der Waals surface area (Å²) in [5, 5.41) is 7.15. The highest BCUT2D eigenvalue weighted by molar-refractivity contribution is 7.10. The number of hydrogen-bond donors (Lipinski definition) is 3. The van der Waals surface area contributed by atoms with Crippen molar-refractivity contribution in [3.05, 3.63) is 22.4 Å². The van der Waals surface area contributed by atoms with Crippen LogP contribution in [0.3, 0.4) is 0 Å². The second-order valence-corrected chi connectivity index (χ2v) is 4.63. The predicted molar refractivity (Wildman–Crippen MR) is 67.7 cm³/mol. The van der Waals surface area contributed by atoms with E-state index in [1.807, 2.05) is 22.8 Å². The Bertz CT molecular complexity index is 365. The maximum atomic E-state index is 11.3. The van der Waals surface area contributed by atoms with Gasteiger partial charge in [-0.2, -0.15) is 0 Å². The average Bonchev–Trinajstić information content (AvgIpc) is 2.76. The Labute approximate surface area is 104 Å². The van der Waals surface area contributed by atoms with Crippen LogP contribution in [0.2, 0.25) is 0 Å². The molecule has 5 nitrogen and oxygen atoms in total. The Hall–Kier alpha value is -1.40. The van der Waals surface area contributed by atoms with Gasteiger partial charge in [0.15, 0.2) is 0 Å². The van der Waals surface area contributed by atoms with Gasteiger partial charge >= 0.3 is 6.03 Å². The normalized spacial score (nSPS) is 12.1. The van der Waals surface area contributed by atoms with E-state index in [1.54, 1.807) is 11.3 Å². The van der Waals surface area contributed by atoms with Gasteiger partial charge in [-0.1, -0.05) is 19.4 Å². The molecule has 0 bridgehead atoms. The van der Waals surface area contributed by atoms with Gasteiger partial charge in [0.1, 0.15) is 0 Å². The van der Waals surface area contributed by atoms with E-state index < -0.39 is 11.9 Å². The summed E-state index contributed by atoms with van der Waals surface area (Å²) in [6.07, 6.45) is 1.97. The molecule has 0 aliphatic carbocycles. The molecule has 0 spiro atoms. The maximum absolute atomic E-state index is 11.3. The van der Waals surface area contributed by atoms with Crippen molar-refractivity contribution in [3.63, 3.8) is 0 Å². The minimum absolute atomic E-state index is 0.0888. The van der Waals surface area contributed by atoms with Gasteiger partial charge in [0.25, 0.3) is 0 Å². The van der Waals surface area contributed by atoms with Crippen LogP contribution in [0.25, 0.3) is 0 Å². The molecule has 0 saturated heterocycles. The van der Waals surface area contributed by atoms with Crippen LogP contribution in [0.4, 0.5) is 4.79 Å². The van der Waals surface area contributed by atoms with E-state index in [-0.39, 0.29) is 12.6 Å². The van der Waals surface area contributed by atoms with Gasteiger partial charge in [-0.25, -0.2) is 4.79 Å². The van der Waals surface area contributed by atoms with Gasteiger partial charge in [-0.15, -0.1) is 11.3 Å². The Morgan fingerprint density at radius 3 is 2.82 bits per heavy atom. The molecule has 0 radical (unpaired) electrons. The summed E-state index contributed by atoms with van der Waals surface area (Å²) in [5.74, 6) is -0.407. The number of nitrogens with one attached hydrogen (secondary N) is 2. The summed E-state index contributed by atoms with van der Waals surface area (Å²) in [6.45, 7) is 2.18. The van der Waals surface area contributed by atoms with Crippen molar-refractivity contribution in [1.82, 2.24) is 10.6 Å². The SMILES string of the molecule is CCCC(NCC(=O)NC(N)=O)c1cccs1. The first-order valence-electron chi connectivity index (χ1n) is 5.49. The standard InChI is InChI=1S/C11H17N3O2S/c1-2-4-8(9-5-3-6-17-9)13-7-10(15)14-11(12)16/h3,5-6,8,13H,2,4,7H2,1H3,(H3,12,14,15,16). The zero-order valence-electron chi connectivity index (χ0n) is 9.73. The first-order valence-corrected chi connectivity index (χ1v) is 6.37. The quantitative estimate of drug-likeness (QED) is 0.718. The topological polar surface area (TPSA) is 84.2 Å². The zero-order chi connectivity index (χ0) is 12.7. The number of primary amides is 1. The Balaban J connectivity index is 2.45. The van der Waals surface area contributed by atoms with Crippen molar-refractivity contribution in [2.24, 2.45) is 5.73 Å². The number of thiophene rings is 1. The van der Waals surface area contributed by atoms with E-state index in [0.29, 0.717) is 0 Å². The van der Waals surface area contributed by atoms with E-state index in [9.17, 15) is 9.59 Å². The molecule has 1 atom stereocenters. The minimum Gasteiger partial charge on any atom is -0.351 e. The van der Waals surface area contributed by atoms with Crippen molar-refractivity contribution in [1.29, 1.82) is 0 Å². The van der Waals surface area contributed by atoms with Crippen LogP contribution in [0, 0.1) is 0 Å². The molecule has 0 aliphatic heterocycles. The number of hydrogen-bond acceptors (Lipinski definition) is 4. The van der Waals surface area contributed by atoms with Crippen molar-refractivity contribution >= 4 is 23.3 Å². The van der Waals surface area contributed by atoms with E-state index in [4.69, 9.17) is 5.73 Å². The lowest BCUT2D eigenvalue weighted by molar-refractivity contribution is -0.119. The molecule has 17 heavy (non-hydrogen) atoms. The van der Waals surface area contributed by atoms with Crippen LogP contribution in [0.5, 0.6) is 0 Å². The smallest absolute Gasteiger partial charge is 0.318 e. The first-order chi connectivity index (χ1) is 8.13. The van der Waals surface area contributed by atoms with Crippen LogP contribution in [0.15, 0.2) is 17.5 Å². The molecule has 1 unspecified atom stereocenters. The first kappa shape index (κ1) is 13.7. The molecule has 1 rings (SSSR count). The number of nitrogens with two attached hydrogens (primary N) is 1. The molecular weight excluding hydrogens is 238 g/mol. The summed E-state index contributed by atoms with van der Waals surface area (Å²) in [6, 6.07) is 3.34. The highest BCUT2D eigenvalue weighted by Gasteiger charge is 2.13. The highest BCUT2D eigenvalue weighted by Crippen LogP contribution is 2.22. The largest absolute Gasteiger partial charge is 0.351 e. The van der Waals surface area contributed by atoms with Crippen molar-refractivity contribution in [2.45, 2.75) is 25.8 Å². The molecule has 0 saturated carbocycles. The lowest BCUT2D eigenvalue weighted by Crippen LogP contribution is -2.41. The van der Waals surface area contributed by atoms with Gasteiger partial charge in [0.05, 0.1) is 6.54 Å². The number of imide groups is 1. The molecule has 1 heterocycles. The Morgan fingerprint density at radius 2 is 2.29 bits per heavy atom. The molecule has 0 aliphatic rings. The molecule has 0 aromatic carbocycles. The summed E-state index contributed by atoms with van der Waals surface area (Å²) in [4.78, 5) is 22.9. The van der Waals surface area contributed by atoms with Gasteiger partial charge in [-0.3, -0.25) is 10.1 Å². The van der Waals surface area contributed by atoms with Crippen molar-refractivity contribution < 1.29 is 9.59 Å².